The highest BCUT2D eigenvalue weighted by molar-refractivity contribution is 7.14. The summed E-state index contributed by atoms with van der Waals surface area (Å²) in [6.45, 7) is 0. The van der Waals surface area contributed by atoms with Crippen molar-refractivity contribution in [1.82, 2.24) is 4.98 Å². The van der Waals surface area contributed by atoms with E-state index in [1.807, 2.05) is 67.0 Å². The maximum Gasteiger partial charge on any atom is 0.257 e. The van der Waals surface area contributed by atoms with Crippen LogP contribution in [0.3, 0.4) is 0 Å². The van der Waals surface area contributed by atoms with Crippen LogP contribution in [-0.4, -0.2) is 17.9 Å². The van der Waals surface area contributed by atoms with Crippen LogP contribution < -0.4 is 10.2 Å². The van der Waals surface area contributed by atoms with Gasteiger partial charge in [-0.3, -0.25) is 4.79 Å². The molecule has 1 amide bonds. The Hall–Kier alpha value is -2.86. The van der Waals surface area contributed by atoms with Crippen molar-refractivity contribution in [2.45, 2.75) is 0 Å². The first-order chi connectivity index (χ1) is 14.5. The first-order valence-corrected chi connectivity index (χ1v) is 10.8. The van der Waals surface area contributed by atoms with Crippen LogP contribution in [0.25, 0.3) is 11.3 Å². The number of nitrogens with zero attached hydrogens (tertiary/aromatic N) is 2. The Labute approximate surface area is 188 Å². The van der Waals surface area contributed by atoms with Gasteiger partial charge < -0.3 is 10.2 Å². The lowest BCUT2D eigenvalue weighted by Gasteiger charge is -2.15. The number of rotatable bonds is 5. The molecule has 1 N–H and O–H groups in total. The second-order valence-corrected chi connectivity index (χ2v) is 8.25. The molecule has 1 heterocycles. The van der Waals surface area contributed by atoms with Crippen LogP contribution in [0, 0.1) is 0 Å². The van der Waals surface area contributed by atoms with E-state index < -0.39 is 0 Å². The topological polar surface area (TPSA) is 45.2 Å². The fraction of sp³-hybridized carbons (Fsp3) is 0.0435. The Bertz CT molecular complexity index is 1180. The van der Waals surface area contributed by atoms with Gasteiger partial charge in [-0.05, 0) is 42.5 Å². The fourth-order valence-electron chi connectivity index (χ4n) is 2.91. The zero-order chi connectivity index (χ0) is 21.1. The van der Waals surface area contributed by atoms with E-state index in [1.54, 1.807) is 29.5 Å². The lowest BCUT2D eigenvalue weighted by atomic mass is 10.1. The number of hydrogen-bond donors (Lipinski definition) is 1. The third-order valence-electron chi connectivity index (χ3n) is 4.54. The first-order valence-electron chi connectivity index (χ1n) is 9.12. The van der Waals surface area contributed by atoms with E-state index in [4.69, 9.17) is 28.2 Å². The Morgan fingerprint density at radius 1 is 1.00 bits per heavy atom. The van der Waals surface area contributed by atoms with E-state index in [9.17, 15) is 4.79 Å². The van der Waals surface area contributed by atoms with Crippen LogP contribution in [0.2, 0.25) is 10.0 Å². The Morgan fingerprint density at radius 2 is 1.73 bits per heavy atom. The van der Waals surface area contributed by atoms with Crippen molar-refractivity contribution in [1.29, 1.82) is 0 Å². The van der Waals surface area contributed by atoms with Crippen molar-refractivity contribution >= 4 is 57.0 Å². The van der Waals surface area contributed by atoms with Crippen LogP contribution >= 0.6 is 34.5 Å². The summed E-state index contributed by atoms with van der Waals surface area (Å²) in [4.78, 5) is 19.3. The van der Waals surface area contributed by atoms with Crippen LogP contribution in [0.15, 0.2) is 78.2 Å². The van der Waals surface area contributed by atoms with Crippen LogP contribution in [0.1, 0.15) is 10.4 Å². The number of benzene rings is 3. The molecular weight excluding hydrogens is 437 g/mol. The number of anilines is 3. The summed E-state index contributed by atoms with van der Waals surface area (Å²) in [5, 5.41) is 6.58. The average molecular weight is 454 g/mol. The van der Waals surface area contributed by atoms with Crippen LogP contribution in [-0.2, 0) is 0 Å². The van der Waals surface area contributed by atoms with Gasteiger partial charge in [0.1, 0.15) is 0 Å². The van der Waals surface area contributed by atoms with E-state index in [-0.39, 0.29) is 5.91 Å². The molecule has 1 aromatic heterocycles. The summed E-state index contributed by atoms with van der Waals surface area (Å²) in [6, 6.07) is 22.4. The Kier molecular flexibility index (Phi) is 6.04. The third kappa shape index (κ3) is 4.49. The summed E-state index contributed by atoms with van der Waals surface area (Å²) < 4.78 is 0. The quantitative estimate of drug-likeness (QED) is 0.349. The molecule has 0 unspecified atom stereocenters. The molecule has 0 radical (unpaired) electrons. The summed E-state index contributed by atoms with van der Waals surface area (Å²) in [6.07, 6.45) is 0. The molecular formula is C23H17Cl2N3OS. The van der Waals surface area contributed by atoms with Crippen molar-refractivity contribution < 1.29 is 4.79 Å². The molecule has 0 atom stereocenters. The van der Waals surface area contributed by atoms with E-state index in [0.717, 1.165) is 22.1 Å². The molecule has 30 heavy (non-hydrogen) atoms. The minimum Gasteiger partial charge on any atom is -0.322 e. The molecule has 4 rings (SSSR count). The standard InChI is InChI=1S/C23H17Cl2N3OS/c1-28(18-5-3-2-4-6-18)23-27-21(14-30-23)15-7-10-17(11-8-15)26-22(29)19-12-9-16(24)13-20(19)25/h2-14H,1H3,(H,26,29). The third-order valence-corrected chi connectivity index (χ3v) is 6.00. The predicted molar refractivity (Wildman–Crippen MR) is 126 cm³/mol. The summed E-state index contributed by atoms with van der Waals surface area (Å²) in [5.74, 6) is -0.287. The second kappa shape index (κ2) is 8.88. The van der Waals surface area contributed by atoms with Gasteiger partial charge in [0.25, 0.3) is 5.91 Å². The predicted octanol–water partition coefficient (Wildman–Crippen LogP) is 7.14. The molecule has 0 aliphatic rings. The van der Waals surface area contributed by atoms with Crippen LogP contribution in [0.4, 0.5) is 16.5 Å². The molecule has 0 saturated carbocycles. The number of carbonyl (C=O) groups is 1. The number of amides is 1. The highest BCUT2D eigenvalue weighted by Gasteiger charge is 2.12. The van der Waals surface area contributed by atoms with E-state index in [0.29, 0.717) is 21.3 Å². The molecule has 4 nitrogen and oxygen atoms in total. The maximum atomic E-state index is 12.5. The number of thiazole rings is 1. The first kappa shape index (κ1) is 20.4. The summed E-state index contributed by atoms with van der Waals surface area (Å²) in [7, 11) is 2.00. The van der Waals surface area contributed by atoms with E-state index >= 15 is 0 Å². The molecule has 7 heteroatoms. The number of hydrogen-bond acceptors (Lipinski definition) is 4. The SMILES string of the molecule is CN(c1ccccc1)c1nc(-c2ccc(NC(=O)c3ccc(Cl)cc3Cl)cc2)cs1. The van der Waals surface area contributed by atoms with Gasteiger partial charge in [0.05, 0.1) is 16.3 Å². The molecule has 0 saturated heterocycles. The minimum atomic E-state index is -0.287. The van der Waals surface area contributed by atoms with Gasteiger partial charge in [0.15, 0.2) is 5.13 Å². The van der Waals surface area contributed by atoms with Crippen molar-refractivity contribution in [3.05, 3.63) is 93.8 Å². The molecule has 0 bridgehead atoms. The van der Waals surface area contributed by atoms with Gasteiger partial charge in [-0.15, -0.1) is 11.3 Å². The lowest BCUT2D eigenvalue weighted by Crippen LogP contribution is -2.12. The molecule has 0 spiro atoms. The highest BCUT2D eigenvalue weighted by atomic mass is 35.5. The van der Waals surface area contributed by atoms with E-state index in [1.165, 1.54) is 0 Å². The van der Waals surface area contributed by atoms with Gasteiger partial charge >= 0.3 is 0 Å². The fourth-order valence-corrected chi connectivity index (χ4v) is 4.22. The lowest BCUT2D eigenvalue weighted by molar-refractivity contribution is 0.102. The summed E-state index contributed by atoms with van der Waals surface area (Å²) in [5.41, 5.74) is 3.99. The van der Waals surface area contributed by atoms with Crippen LogP contribution in [0.5, 0.6) is 0 Å². The van der Waals surface area contributed by atoms with Crippen molar-refractivity contribution in [3.63, 3.8) is 0 Å². The Morgan fingerprint density at radius 3 is 2.43 bits per heavy atom. The minimum absolute atomic E-state index is 0.287. The van der Waals surface area contributed by atoms with Gasteiger partial charge in [-0.2, -0.15) is 0 Å². The van der Waals surface area contributed by atoms with Crippen molar-refractivity contribution in [2.24, 2.45) is 0 Å². The normalized spacial score (nSPS) is 10.6. The Balaban J connectivity index is 1.47. The number of carbonyl (C=O) groups excluding carboxylic acids is 1. The molecule has 4 aromatic rings. The number of nitrogens with one attached hydrogen (secondary N) is 1. The van der Waals surface area contributed by atoms with Gasteiger partial charge in [-0.1, -0.05) is 53.5 Å². The van der Waals surface area contributed by atoms with Crippen molar-refractivity contribution in [2.75, 3.05) is 17.3 Å². The van der Waals surface area contributed by atoms with Gasteiger partial charge in [-0.25, -0.2) is 4.98 Å². The maximum absolute atomic E-state index is 12.5. The molecule has 150 valence electrons. The van der Waals surface area contributed by atoms with Crippen molar-refractivity contribution in [3.8, 4) is 11.3 Å². The number of aromatic nitrogens is 1. The molecule has 0 fully saturated rings. The zero-order valence-electron chi connectivity index (χ0n) is 16.0. The smallest absolute Gasteiger partial charge is 0.257 e. The largest absolute Gasteiger partial charge is 0.322 e. The van der Waals surface area contributed by atoms with E-state index in [2.05, 4.69) is 10.2 Å². The second-order valence-electron chi connectivity index (χ2n) is 6.57. The van der Waals surface area contributed by atoms with Gasteiger partial charge in [0.2, 0.25) is 0 Å². The molecule has 0 aliphatic heterocycles. The zero-order valence-corrected chi connectivity index (χ0v) is 18.3. The molecule has 3 aromatic carbocycles. The summed E-state index contributed by atoms with van der Waals surface area (Å²) >= 11 is 13.6. The highest BCUT2D eigenvalue weighted by Crippen LogP contribution is 2.31. The average Bonchev–Trinajstić information content (AvgIpc) is 3.24. The number of halogens is 2. The van der Waals surface area contributed by atoms with Gasteiger partial charge in [0, 0.05) is 34.4 Å². The monoisotopic (exact) mass is 453 g/mol. The number of para-hydroxylation sites is 1. The molecule has 0 aliphatic carbocycles.